The molecule has 2 unspecified atom stereocenters. The van der Waals surface area contributed by atoms with E-state index < -0.39 is 0 Å². The van der Waals surface area contributed by atoms with Crippen molar-refractivity contribution in [3.8, 4) is 0 Å². The lowest BCUT2D eigenvalue weighted by Crippen LogP contribution is -2.35. The van der Waals surface area contributed by atoms with E-state index in [0.29, 0.717) is 30.0 Å². The van der Waals surface area contributed by atoms with Gasteiger partial charge in [0.15, 0.2) is 4.47 Å². The van der Waals surface area contributed by atoms with Gasteiger partial charge in [-0.15, -0.1) is 11.3 Å². The Morgan fingerprint density at radius 2 is 2.43 bits per heavy atom. The third-order valence-electron chi connectivity index (χ3n) is 4.22. The minimum absolute atomic E-state index is 0.0441. The zero-order valence-electron chi connectivity index (χ0n) is 12.6. The molecule has 1 aromatic heterocycles. The Labute approximate surface area is 143 Å². The van der Waals surface area contributed by atoms with Crippen LogP contribution >= 0.6 is 22.9 Å². The summed E-state index contributed by atoms with van der Waals surface area (Å²) in [7, 11) is 0. The molecule has 0 aliphatic carbocycles. The van der Waals surface area contributed by atoms with Gasteiger partial charge < -0.3 is 15.2 Å². The van der Waals surface area contributed by atoms with Crippen molar-refractivity contribution in [3.05, 3.63) is 28.2 Å². The number of fused-ring (bicyclic) bond motifs is 1. The van der Waals surface area contributed by atoms with Gasteiger partial charge in [0.25, 0.3) is 0 Å². The summed E-state index contributed by atoms with van der Waals surface area (Å²) < 4.78 is 6.83. The first-order valence-electron chi connectivity index (χ1n) is 7.66. The van der Waals surface area contributed by atoms with E-state index in [1.54, 1.807) is 0 Å². The molecular formula is C16H19ClN2O3S. The maximum Gasteiger partial charge on any atom is 0.224 e. The number of thiazole rings is 1. The van der Waals surface area contributed by atoms with Crippen LogP contribution in [-0.4, -0.2) is 42.4 Å². The highest BCUT2D eigenvalue weighted by molar-refractivity contribution is 7.22. The van der Waals surface area contributed by atoms with Crippen molar-refractivity contribution in [2.75, 3.05) is 26.4 Å². The van der Waals surface area contributed by atoms with Crippen molar-refractivity contribution in [1.82, 2.24) is 10.3 Å². The Bertz CT molecular complexity index is 685. The van der Waals surface area contributed by atoms with E-state index in [1.807, 2.05) is 18.2 Å². The molecular weight excluding hydrogens is 336 g/mol. The molecule has 1 aliphatic rings. The monoisotopic (exact) mass is 354 g/mol. The lowest BCUT2D eigenvalue weighted by molar-refractivity contribution is -0.120. The summed E-state index contributed by atoms with van der Waals surface area (Å²) in [5, 5.41) is 12.4. The summed E-state index contributed by atoms with van der Waals surface area (Å²) >= 11 is 7.31. The van der Waals surface area contributed by atoms with Gasteiger partial charge >= 0.3 is 0 Å². The Morgan fingerprint density at radius 3 is 3.17 bits per heavy atom. The van der Waals surface area contributed by atoms with Crippen LogP contribution < -0.4 is 5.32 Å². The van der Waals surface area contributed by atoms with Crippen LogP contribution in [0, 0.1) is 11.8 Å². The molecule has 2 aromatic rings. The van der Waals surface area contributed by atoms with Crippen molar-refractivity contribution in [3.63, 3.8) is 0 Å². The van der Waals surface area contributed by atoms with Crippen molar-refractivity contribution in [2.45, 2.75) is 12.8 Å². The fourth-order valence-corrected chi connectivity index (χ4v) is 3.94. The predicted octanol–water partition coefficient (Wildman–Crippen LogP) is 2.25. The van der Waals surface area contributed by atoms with Crippen LogP contribution in [0.2, 0.25) is 4.47 Å². The van der Waals surface area contributed by atoms with Crippen LogP contribution in [0.1, 0.15) is 12.0 Å². The molecule has 2 atom stereocenters. The number of nitrogens with zero attached hydrogens (tertiary/aromatic N) is 1. The largest absolute Gasteiger partial charge is 0.396 e. The molecule has 1 fully saturated rings. The van der Waals surface area contributed by atoms with Gasteiger partial charge in [0, 0.05) is 32.3 Å². The fourth-order valence-electron chi connectivity index (χ4n) is 2.85. The maximum absolute atomic E-state index is 12.1. The average Bonchev–Trinajstić information content (AvgIpc) is 3.16. The van der Waals surface area contributed by atoms with Gasteiger partial charge in [-0.3, -0.25) is 4.79 Å². The molecule has 1 aliphatic heterocycles. The van der Waals surface area contributed by atoms with Crippen molar-refractivity contribution in [1.29, 1.82) is 0 Å². The van der Waals surface area contributed by atoms with Gasteiger partial charge in [-0.25, -0.2) is 4.98 Å². The molecule has 1 aromatic carbocycles. The number of amides is 1. The number of aromatic nitrogens is 1. The molecule has 5 nitrogen and oxygen atoms in total. The minimum Gasteiger partial charge on any atom is -0.396 e. The first kappa shape index (κ1) is 16.6. The molecule has 1 amide bonds. The van der Waals surface area contributed by atoms with E-state index in [4.69, 9.17) is 16.3 Å². The normalized spacial score (nSPS) is 19.1. The summed E-state index contributed by atoms with van der Waals surface area (Å²) in [6.45, 7) is 1.97. The van der Waals surface area contributed by atoms with Crippen molar-refractivity contribution in [2.24, 2.45) is 11.8 Å². The molecule has 2 heterocycles. The number of carbonyl (C=O) groups is 1. The van der Waals surface area contributed by atoms with E-state index in [-0.39, 0.29) is 18.4 Å². The number of aliphatic hydroxyl groups is 1. The number of nitrogens with one attached hydrogen (secondary N) is 1. The summed E-state index contributed by atoms with van der Waals surface area (Å²) in [4.78, 5) is 16.3. The predicted molar refractivity (Wildman–Crippen MR) is 90.8 cm³/mol. The lowest BCUT2D eigenvalue weighted by atomic mass is 9.92. The molecule has 23 heavy (non-hydrogen) atoms. The van der Waals surface area contributed by atoms with E-state index in [2.05, 4.69) is 10.3 Å². The molecule has 0 spiro atoms. The van der Waals surface area contributed by atoms with Gasteiger partial charge in [-0.2, -0.15) is 0 Å². The van der Waals surface area contributed by atoms with Crippen LogP contribution in [0.4, 0.5) is 0 Å². The maximum atomic E-state index is 12.1. The zero-order chi connectivity index (χ0) is 16.2. The van der Waals surface area contributed by atoms with E-state index in [1.165, 1.54) is 11.3 Å². The summed E-state index contributed by atoms with van der Waals surface area (Å²) in [6.07, 6.45) is 1.26. The van der Waals surface area contributed by atoms with Gasteiger partial charge in [0.1, 0.15) is 0 Å². The highest BCUT2D eigenvalue weighted by Gasteiger charge is 2.25. The highest BCUT2D eigenvalue weighted by Crippen LogP contribution is 2.26. The Kier molecular flexibility index (Phi) is 5.48. The number of halogens is 1. The Balaban J connectivity index is 1.55. The highest BCUT2D eigenvalue weighted by atomic mass is 35.5. The molecule has 124 valence electrons. The molecule has 3 rings (SSSR count). The molecule has 1 saturated heterocycles. The number of hydrogen-bond acceptors (Lipinski definition) is 5. The summed E-state index contributed by atoms with van der Waals surface area (Å²) in [6, 6.07) is 5.73. The third-order valence-corrected chi connectivity index (χ3v) is 5.34. The standard InChI is InChI=1S/C16H19ClN2O3S/c17-16-19-13-2-1-10(5-14(13)23-16)6-15(21)18-7-12(8-20)11-3-4-22-9-11/h1-2,5,11-12,20H,3-4,6-9H2,(H,18,21). The smallest absolute Gasteiger partial charge is 0.224 e. The van der Waals surface area contributed by atoms with Crippen LogP contribution in [0.15, 0.2) is 18.2 Å². The number of carbonyl (C=O) groups excluding carboxylic acids is 1. The molecule has 7 heteroatoms. The molecule has 0 bridgehead atoms. The molecule has 0 radical (unpaired) electrons. The fraction of sp³-hybridized carbons (Fsp3) is 0.500. The Morgan fingerprint density at radius 1 is 1.57 bits per heavy atom. The molecule has 0 saturated carbocycles. The van der Waals surface area contributed by atoms with Crippen LogP contribution in [0.5, 0.6) is 0 Å². The first-order chi connectivity index (χ1) is 11.2. The van der Waals surface area contributed by atoms with Crippen molar-refractivity contribution < 1.29 is 14.6 Å². The summed E-state index contributed by atoms with van der Waals surface area (Å²) in [5.74, 6) is 0.345. The van der Waals surface area contributed by atoms with E-state index >= 15 is 0 Å². The van der Waals surface area contributed by atoms with E-state index in [0.717, 1.165) is 28.8 Å². The van der Waals surface area contributed by atoms with Crippen LogP contribution in [0.3, 0.4) is 0 Å². The Hall–Kier alpha value is -1.21. The average molecular weight is 355 g/mol. The second kappa shape index (κ2) is 7.57. The second-order valence-corrected chi connectivity index (χ2v) is 7.43. The molecule has 2 N–H and O–H groups in total. The van der Waals surface area contributed by atoms with Gasteiger partial charge in [0.2, 0.25) is 5.91 Å². The third kappa shape index (κ3) is 4.20. The number of aliphatic hydroxyl groups excluding tert-OH is 1. The van der Waals surface area contributed by atoms with Gasteiger partial charge in [-0.1, -0.05) is 17.7 Å². The number of ether oxygens (including phenoxy) is 1. The van der Waals surface area contributed by atoms with Crippen LogP contribution in [-0.2, 0) is 16.0 Å². The van der Waals surface area contributed by atoms with E-state index in [9.17, 15) is 9.90 Å². The van der Waals surface area contributed by atoms with Crippen LogP contribution in [0.25, 0.3) is 10.2 Å². The van der Waals surface area contributed by atoms with Crippen molar-refractivity contribution >= 4 is 39.1 Å². The van der Waals surface area contributed by atoms with Gasteiger partial charge in [0.05, 0.1) is 16.6 Å². The quantitative estimate of drug-likeness (QED) is 0.834. The second-order valence-electron chi connectivity index (χ2n) is 5.82. The lowest BCUT2D eigenvalue weighted by Gasteiger charge is -2.20. The zero-order valence-corrected chi connectivity index (χ0v) is 14.2. The number of rotatable bonds is 6. The summed E-state index contributed by atoms with van der Waals surface area (Å²) in [5.41, 5.74) is 1.78. The van der Waals surface area contributed by atoms with Gasteiger partial charge in [-0.05, 0) is 30.0 Å². The minimum atomic E-state index is -0.0441. The number of hydrogen-bond donors (Lipinski definition) is 2. The SMILES string of the molecule is O=C(Cc1ccc2nc(Cl)sc2c1)NCC(CO)C1CCOC1. The first-order valence-corrected chi connectivity index (χ1v) is 8.85. The topological polar surface area (TPSA) is 71.5 Å². The number of benzene rings is 1.